The van der Waals surface area contributed by atoms with Crippen LogP contribution in [0, 0.1) is 12.8 Å². The van der Waals surface area contributed by atoms with Crippen molar-refractivity contribution in [3.8, 4) is 0 Å². The minimum atomic E-state index is -3.75. The number of carbonyl (C=O) groups excluding carboxylic acids is 1. The average molecular weight is 474 g/mol. The van der Waals surface area contributed by atoms with E-state index in [1.807, 2.05) is 55.5 Å². The molecular weight excluding hydrogens is 446 g/mol. The van der Waals surface area contributed by atoms with Crippen molar-refractivity contribution in [1.29, 1.82) is 0 Å². The largest absolute Gasteiger partial charge is 0.457 e. The van der Waals surface area contributed by atoms with E-state index in [2.05, 4.69) is 12.1 Å². The van der Waals surface area contributed by atoms with Crippen molar-refractivity contribution in [3.05, 3.63) is 113 Å². The van der Waals surface area contributed by atoms with Crippen molar-refractivity contribution in [3.63, 3.8) is 0 Å². The molecule has 0 radical (unpaired) electrons. The fraction of sp³-hybridized carbons (Fsp3) is 0.250. The molecule has 34 heavy (non-hydrogen) atoms. The molecule has 1 heterocycles. The van der Waals surface area contributed by atoms with Gasteiger partial charge in [0.05, 0.1) is 10.5 Å². The Balaban J connectivity index is 1.44. The lowest BCUT2D eigenvalue weighted by Gasteiger charge is -2.47. The van der Waals surface area contributed by atoms with Crippen LogP contribution in [-0.2, 0) is 26.2 Å². The lowest BCUT2D eigenvalue weighted by molar-refractivity contribution is -0.140. The molecule has 1 fully saturated rings. The zero-order chi connectivity index (χ0) is 23.7. The lowest BCUT2D eigenvalue weighted by Crippen LogP contribution is -2.48. The summed E-state index contributed by atoms with van der Waals surface area (Å²) in [6.07, 6.45) is 0.753. The number of ether oxygens (including phenoxy) is 1. The van der Waals surface area contributed by atoms with Crippen LogP contribution in [0.5, 0.6) is 0 Å². The molecule has 1 aliphatic carbocycles. The minimum absolute atomic E-state index is 0.0318. The first-order chi connectivity index (χ1) is 16.4. The molecule has 0 amide bonds. The summed E-state index contributed by atoms with van der Waals surface area (Å²) in [6.45, 7) is 2.48. The molecule has 0 spiro atoms. The molecule has 5 rings (SSSR count). The fourth-order valence-corrected chi connectivity index (χ4v) is 6.29. The fourth-order valence-electron chi connectivity index (χ4n) is 4.86. The first-order valence-electron chi connectivity index (χ1n) is 11.5. The van der Waals surface area contributed by atoms with Gasteiger partial charge in [-0.2, -0.15) is 4.31 Å². The Bertz CT molecular complexity index is 1320. The molecule has 2 aliphatic rings. The predicted octanol–water partition coefficient (Wildman–Crippen LogP) is 4.84. The zero-order valence-corrected chi connectivity index (χ0v) is 19.9. The minimum Gasteiger partial charge on any atom is -0.457 e. The molecule has 6 heteroatoms. The van der Waals surface area contributed by atoms with Gasteiger partial charge in [-0.05, 0) is 42.5 Å². The number of carbonyl (C=O) groups is 1. The second kappa shape index (κ2) is 9.20. The van der Waals surface area contributed by atoms with Gasteiger partial charge in [0, 0.05) is 19.0 Å². The second-order valence-corrected chi connectivity index (χ2v) is 10.9. The maximum Gasteiger partial charge on any atom is 0.335 e. The van der Waals surface area contributed by atoms with Gasteiger partial charge in [-0.3, -0.25) is 0 Å². The van der Waals surface area contributed by atoms with Crippen LogP contribution in [0.2, 0.25) is 0 Å². The number of nitrogens with zero attached hydrogens (tertiary/aromatic N) is 1. The normalized spacial score (nSPS) is 20.4. The number of fused-ring (bicyclic) bond motifs is 1. The Morgan fingerprint density at radius 3 is 2.24 bits per heavy atom. The highest BCUT2D eigenvalue weighted by Gasteiger charge is 2.47. The Hall–Kier alpha value is -3.22. The van der Waals surface area contributed by atoms with Crippen molar-refractivity contribution in [2.75, 3.05) is 13.1 Å². The molecular formula is C28H27NO4S. The highest BCUT2D eigenvalue weighted by molar-refractivity contribution is 7.89. The van der Waals surface area contributed by atoms with Gasteiger partial charge in [0.25, 0.3) is 0 Å². The van der Waals surface area contributed by atoms with E-state index in [9.17, 15) is 13.2 Å². The molecule has 3 aromatic rings. The SMILES string of the molecule is Cc1ccc(S(=O)(=O)N2CC(C(=O)OCc3ccccc3)=C3C[C@@H](c4ccccc4)[C@@H]3C2)cc1. The van der Waals surface area contributed by atoms with E-state index < -0.39 is 16.0 Å². The van der Waals surface area contributed by atoms with Crippen LogP contribution in [0.15, 0.2) is 101 Å². The monoisotopic (exact) mass is 473 g/mol. The zero-order valence-electron chi connectivity index (χ0n) is 19.1. The summed E-state index contributed by atoms with van der Waals surface area (Å²) in [5.74, 6) is -0.279. The number of rotatable bonds is 6. The van der Waals surface area contributed by atoms with E-state index in [0.29, 0.717) is 12.1 Å². The van der Waals surface area contributed by atoms with E-state index in [1.165, 1.54) is 9.87 Å². The number of hydrogen-bond acceptors (Lipinski definition) is 4. The summed E-state index contributed by atoms with van der Waals surface area (Å²) in [7, 11) is -3.75. The first-order valence-corrected chi connectivity index (χ1v) is 12.9. The van der Waals surface area contributed by atoms with Gasteiger partial charge in [-0.1, -0.05) is 83.9 Å². The Labute approximate surface area is 200 Å². The van der Waals surface area contributed by atoms with E-state index in [4.69, 9.17) is 4.74 Å². The van der Waals surface area contributed by atoms with Crippen LogP contribution in [0.3, 0.4) is 0 Å². The van der Waals surface area contributed by atoms with Crippen LogP contribution in [0.25, 0.3) is 0 Å². The predicted molar refractivity (Wildman–Crippen MR) is 130 cm³/mol. The molecule has 0 saturated heterocycles. The van der Waals surface area contributed by atoms with Gasteiger partial charge in [0.2, 0.25) is 10.0 Å². The molecule has 1 aliphatic heterocycles. The molecule has 0 aromatic heterocycles. The van der Waals surface area contributed by atoms with E-state index in [-0.39, 0.29) is 29.9 Å². The number of esters is 1. The highest BCUT2D eigenvalue weighted by atomic mass is 32.2. The summed E-state index contributed by atoms with van der Waals surface area (Å²) in [6, 6.07) is 26.5. The van der Waals surface area contributed by atoms with Gasteiger partial charge in [0.1, 0.15) is 6.61 Å². The quantitative estimate of drug-likeness (QED) is 0.481. The number of aryl methyl sites for hydroxylation is 1. The van der Waals surface area contributed by atoms with Crippen molar-refractivity contribution in [2.45, 2.75) is 30.8 Å². The number of hydrogen-bond donors (Lipinski definition) is 0. The Morgan fingerprint density at radius 1 is 0.912 bits per heavy atom. The maximum absolute atomic E-state index is 13.5. The molecule has 5 nitrogen and oxygen atoms in total. The summed E-state index contributed by atoms with van der Waals surface area (Å²) >= 11 is 0. The first kappa shape index (κ1) is 22.6. The van der Waals surface area contributed by atoms with Crippen LogP contribution in [0.4, 0.5) is 0 Å². The molecule has 2 atom stereocenters. The third-order valence-electron chi connectivity index (χ3n) is 6.84. The summed E-state index contributed by atoms with van der Waals surface area (Å²) in [5.41, 5.74) is 4.57. The molecule has 174 valence electrons. The highest BCUT2D eigenvalue weighted by Crippen LogP contribution is 2.51. The van der Waals surface area contributed by atoms with Crippen molar-refractivity contribution in [1.82, 2.24) is 4.31 Å². The summed E-state index contributed by atoms with van der Waals surface area (Å²) < 4.78 is 34.1. The summed E-state index contributed by atoms with van der Waals surface area (Å²) in [4.78, 5) is 13.4. The van der Waals surface area contributed by atoms with Gasteiger partial charge in [0.15, 0.2) is 0 Å². The summed E-state index contributed by atoms with van der Waals surface area (Å²) in [5, 5.41) is 0. The van der Waals surface area contributed by atoms with Crippen LogP contribution >= 0.6 is 0 Å². The third kappa shape index (κ3) is 4.31. The maximum atomic E-state index is 13.5. The van der Waals surface area contributed by atoms with Crippen molar-refractivity contribution < 1.29 is 17.9 Å². The van der Waals surface area contributed by atoms with E-state index in [0.717, 1.165) is 23.1 Å². The van der Waals surface area contributed by atoms with Gasteiger partial charge < -0.3 is 4.74 Å². The Morgan fingerprint density at radius 2 is 1.56 bits per heavy atom. The van der Waals surface area contributed by atoms with Crippen molar-refractivity contribution in [2.24, 2.45) is 5.92 Å². The Kier molecular flexibility index (Phi) is 6.11. The average Bonchev–Trinajstić information content (AvgIpc) is 2.84. The molecule has 0 bridgehead atoms. The van der Waals surface area contributed by atoms with Crippen LogP contribution in [-0.4, -0.2) is 31.8 Å². The van der Waals surface area contributed by atoms with Crippen molar-refractivity contribution >= 4 is 16.0 Å². The number of benzene rings is 3. The standard InChI is InChI=1S/C28H27NO4S/c1-20-12-14-23(15-13-20)34(31,32)29-17-26-24(22-10-6-3-7-11-22)16-25(26)27(18-29)28(30)33-19-21-8-4-2-5-9-21/h2-15,24,26H,16-19H2,1H3/t24-,26-/m0/s1. The second-order valence-electron chi connectivity index (χ2n) is 9.00. The molecule has 0 unspecified atom stereocenters. The van der Waals surface area contributed by atoms with Gasteiger partial charge >= 0.3 is 5.97 Å². The molecule has 3 aromatic carbocycles. The van der Waals surface area contributed by atoms with Crippen LogP contribution < -0.4 is 0 Å². The lowest BCUT2D eigenvalue weighted by atomic mass is 9.63. The third-order valence-corrected chi connectivity index (χ3v) is 8.67. The van der Waals surface area contributed by atoms with Gasteiger partial charge in [-0.15, -0.1) is 0 Å². The molecule has 1 saturated carbocycles. The molecule has 0 N–H and O–H groups in total. The topological polar surface area (TPSA) is 63.7 Å². The van der Waals surface area contributed by atoms with E-state index in [1.54, 1.807) is 24.3 Å². The van der Waals surface area contributed by atoms with Crippen LogP contribution in [0.1, 0.15) is 29.0 Å². The van der Waals surface area contributed by atoms with E-state index >= 15 is 0 Å². The van der Waals surface area contributed by atoms with Gasteiger partial charge in [-0.25, -0.2) is 13.2 Å². The number of sulfonamides is 1. The smallest absolute Gasteiger partial charge is 0.335 e.